The largest absolute Gasteiger partial charge is 0.497 e. The Balaban J connectivity index is 1.79. The number of nitrogens with zero attached hydrogens (tertiary/aromatic N) is 1. The van der Waals surface area contributed by atoms with E-state index in [0.717, 1.165) is 19.3 Å². The summed E-state index contributed by atoms with van der Waals surface area (Å²) in [4.78, 5) is 12.8. The highest BCUT2D eigenvalue weighted by molar-refractivity contribution is 7.89. The number of sulfonamides is 1. The Morgan fingerprint density at radius 1 is 1.07 bits per heavy atom. The topological polar surface area (TPSA) is 84.9 Å². The predicted molar refractivity (Wildman–Crippen MR) is 111 cm³/mol. The fourth-order valence-corrected chi connectivity index (χ4v) is 5.15. The minimum absolute atomic E-state index is 0.0164. The molecule has 1 aliphatic rings. The van der Waals surface area contributed by atoms with E-state index in [1.807, 2.05) is 6.92 Å². The zero-order valence-electron chi connectivity index (χ0n) is 16.8. The minimum atomic E-state index is -3.57. The van der Waals surface area contributed by atoms with Gasteiger partial charge in [0.2, 0.25) is 10.0 Å². The van der Waals surface area contributed by atoms with Crippen molar-refractivity contribution in [1.82, 2.24) is 4.31 Å². The van der Waals surface area contributed by atoms with Gasteiger partial charge in [0.25, 0.3) is 5.91 Å². The number of benzene rings is 2. The molecule has 2 aromatic rings. The number of methoxy groups -OCH3 is 2. The van der Waals surface area contributed by atoms with E-state index in [0.29, 0.717) is 29.3 Å². The highest BCUT2D eigenvalue weighted by Crippen LogP contribution is 2.30. The average molecular weight is 419 g/mol. The van der Waals surface area contributed by atoms with Crippen molar-refractivity contribution in [3.05, 3.63) is 48.0 Å². The summed E-state index contributed by atoms with van der Waals surface area (Å²) < 4.78 is 37.8. The lowest BCUT2D eigenvalue weighted by atomic mass is 10.1. The van der Waals surface area contributed by atoms with Crippen molar-refractivity contribution in [1.29, 1.82) is 0 Å². The first-order chi connectivity index (χ1) is 13.9. The number of hydrogen-bond donors (Lipinski definition) is 1. The summed E-state index contributed by atoms with van der Waals surface area (Å²) in [5.74, 6) is 0.711. The van der Waals surface area contributed by atoms with Crippen LogP contribution >= 0.6 is 0 Å². The monoisotopic (exact) mass is 418 g/mol. The normalized spacial score (nSPS) is 17.6. The molecule has 1 unspecified atom stereocenters. The maximum atomic E-state index is 12.9. The van der Waals surface area contributed by atoms with Crippen LogP contribution in [0.15, 0.2) is 47.4 Å². The van der Waals surface area contributed by atoms with Gasteiger partial charge in [0.05, 0.1) is 24.8 Å². The molecular formula is C21H26N2O5S. The van der Waals surface area contributed by atoms with E-state index in [4.69, 9.17) is 9.47 Å². The zero-order valence-corrected chi connectivity index (χ0v) is 17.7. The summed E-state index contributed by atoms with van der Waals surface area (Å²) in [7, 11) is -0.517. The molecule has 1 saturated heterocycles. The first kappa shape index (κ1) is 21.1. The molecule has 7 nitrogen and oxygen atoms in total. The van der Waals surface area contributed by atoms with Gasteiger partial charge in [-0.15, -0.1) is 0 Å². The van der Waals surface area contributed by atoms with Gasteiger partial charge in [-0.05, 0) is 56.2 Å². The zero-order chi connectivity index (χ0) is 21.0. The standard InChI is InChI=1S/C21H26N2O5S/c1-15-6-4-5-13-23(15)29(25,26)18-10-7-16(8-11-18)21(24)22-19-14-17(27-2)9-12-20(19)28-3/h7-12,14-15H,4-6,13H2,1-3H3,(H,22,24). The molecule has 1 N–H and O–H groups in total. The number of piperidine rings is 1. The third kappa shape index (κ3) is 4.54. The minimum Gasteiger partial charge on any atom is -0.497 e. The van der Waals surface area contributed by atoms with Crippen molar-refractivity contribution in [2.24, 2.45) is 0 Å². The van der Waals surface area contributed by atoms with Gasteiger partial charge in [0, 0.05) is 24.2 Å². The van der Waals surface area contributed by atoms with E-state index < -0.39 is 10.0 Å². The van der Waals surface area contributed by atoms with Crippen molar-refractivity contribution in [3.63, 3.8) is 0 Å². The molecule has 29 heavy (non-hydrogen) atoms. The van der Waals surface area contributed by atoms with Gasteiger partial charge in [-0.25, -0.2) is 8.42 Å². The maximum Gasteiger partial charge on any atom is 0.255 e. The fourth-order valence-electron chi connectivity index (χ4n) is 3.45. The second-order valence-electron chi connectivity index (χ2n) is 7.01. The van der Waals surface area contributed by atoms with Crippen LogP contribution in [0.4, 0.5) is 5.69 Å². The lowest BCUT2D eigenvalue weighted by Crippen LogP contribution is -2.41. The van der Waals surface area contributed by atoms with Gasteiger partial charge in [-0.3, -0.25) is 4.79 Å². The van der Waals surface area contributed by atoms with Crippen LogP contribution in [-0.4, -0.2) is 45.4 Å². The Labute approximate surface area is 171 Å². The summed E-state index contributed by atoms with van der Waals surface area (Å²) in [5.41, 5.74) is 0.816. The Morgan fingerprint density at radius 3 is 2.41 bits per heavy atom. The van der Waals surface area contributed by atoms with Gasteiger partial charge in [0.15, 0.2) is 0 Å². The van der Waals surface area contributed by atoms with Gasteiger partial charge in [-0.2, -0.15) is 4.31 Å². The highest BCUT2D eigenvalue weighted by Gasteiger charge is 2.30. The molecule has 0 saturated carbocycles. The molecule has 1 fully saturated rings. The highest BCUT2D eigenvalue weighted by atomic mass is 32.2. The second kappa shape index (κ2) is 8.84. The average Bonchev–Trinajstić information content (AvgIpc) is 2.74. The molecule has 1 atom stereocenters. The van der Waals surface area contributed by atoms with Crippen LogP contribution in [0.2, 0.25) is 0 Å². The SMILES string of the molecule is COc1ccc(OC)c(NC(=O)c2ccc(S(=O)(=O)N3CCCCC3C)cc2)c1. The molecule has 8 heteroatoms. The van der Waals surface area contributed by atoms with Gasteiger partial charge < -0.3 is 14.8 Å². The van der Waals surface area contributed by atoms with E-state index in [1.165, 1.54) is 38.5 Å². The molecular weight excluding hydrogens is 392 g/mol. The van der Waals surface area contributed by atoms with E-state index in [9.17, 15) is 13.2 Å². The number of anilines is 1. The van der Waals surface area contributed by atoms with Crippen LogP contribution in [-0.2, 0) is 10.0 Å². The van der Waals surface area contributed by atoms with Crippen LogP contribution in [0.3, 0.4) is 0 Å². The van der Waals surface area contributed by atoms with Gasteiger partial charge in [0.1, 0.15) is 11.5 Å². The van der Waals surface area contributed by atoms with E-state index in [1.54, 1.807) is 22.5 Å². The molecule has 0 radical (unpaired) electrons. The van der Waals surface area contributed by atoms with Crippen molar-refractivity contribution in [3.8, 4) is 11.5 Å². The number of nitrogens with one attached hydrogen (secondary N) is 1. The maximum absolute atomic E-state index is 12.9. The van der Waals surface area contributed by atoms with Crippen LogP contribution < -0.4 is 14.8 Å². The second-order valence-corrected chi connectivity index (χ2v) is 8.90. The van der Waals surface area contributed by atoms with Gasteiger partial charge >= 0.3 is 0 Å². The van der Waals surface area contributed by atoms with Crippen molar-refractivity contribution in [2.45, 2.75) is 37.1 Å². The number of amides is 1. The number of rotatable bonds is 6. The van der Waals surface area contributed by atoms with Crippen molar-refractivity contribution in [2.75, 3.05) is 26.1 Å². The summed E-state index contributed by atoms with van der Waals surface area (Å²) in [6, 6.07) is 11.1. The lowest BCUT2D eigenvalue weighted by molar-refractivity contribution is 0.102. The van der Waals surface area contributed by atoms with Gasteiger partial charge in [-0.1, -0.05) is 6.42 Å². The van der Waals surface area contributed by atoms with E-state index in [2.05, 4.69) is 5.32 Å². The quantitative estimate of drug-likeness (QED) is 0.776. The smallest absolute Gasteiger partial charge is 0.255 e. The Morgan fingerprint density at radius 2 is 1.79 bits per heavy atom. The molecule has 1 amide bonds. The van der Waals surface area contributed by atoms with Crippen LogP contribution in [0, 0.1) is 0 Å². The fraction of sp³-hybridized carbons (Fsp3) is 0.381. The Hall–Kier alpha value is -2.58. The number of hydrogen-bond acceptors (Lipinski definition) is 5. The number of carbonyl (C=O) groups is 1. The number of ether oxygens (including phenoxy) is 2. The third-order valence-corrected chi connectivity index (χ3v) is 7.15. The van der Waals surface area contributed by atoms with Crippen LogP contribution in [0.1, 0.15) is 36.5 Å². The lowest BCUT2D eigenvalue weighted by Gasteiger charge is -2.32. The van der Waals surface area contributed by atoms with Crippen molar-refractivity contribution >= 4 is 21.6 Å². The molecule has 156 valence electrons. The molecule has 0 spiro atoms. The van der Waals surface area contributed by atoms with E-state index in [-0.39, 0.29) is 16.8 Å². The molecule has 2 aromatic carbocycles. The summed E-state index contributed by atoms with van der Waals surface area (Å²) >= 11 is 0. The van der Waals surface area contributed by atoms with Crippen molar-refractivity contribution < 1.29 is 22.7 Å². The molecule has 1 aliphatic heterocycles. The summed E-state index contributed by atoms with van der Waals surface area (Å²) in [6.45, 7) is 2.46. The third-order valence-electron chi connectivity index (χ3n) is 5.12. The first-order valence-corrected chi connectivity index (χ1v) is 11.0. The first-order valence-electron chi connectivity index (χ1n) is 9.52. The number of carbonyl (C=O) groups excluding carboxylic acids is 1. The predicted octanol–water partition coefficient (Wildman–Crippen LogP) is 3.52. The Kier molecular flexibility index (Phi) is 6.44. The molecule has 1 heterocycles. The van der Waals surface area contributed by atoms with Crippen LogP contribution in [0.5, 0.6) is 11.5 Å². The molecule has 0 bridgehead atoms. The van der Waals surface area contributed by atoms with E-state index >= 15 is 0 Å². The Bertz CT molecular complexity index is 973. The summed E-state index contributed by atoms with van der Waals surface area (Å²) in [6.07, 6.45) is 2.77. The van der Waals surface area contributed by atoms with Crippen LogP contribution in [0.25, 0.3) is 0 Å². The molecule has 3 rings (SSSR count). The molecule has 0 aromatic heterocycles. The molecule has 0 aliphatic carbocycles. The summed E-state index contributed by atoms with van der Waals surface area (Å²) in [5, 5.41) is 2.78.